The molecule has 1 aliphatic heterocycles. The molecule has 272 valence electrons. The largest absolute Gasteiger partial charge is 0.457 e. The number of fused-ring (bicyclic) bond motifs is 4. The van der Waals surface area contributed by atoms with E-state index in [1.54, 1.807) is 6.33 Å². The van der Waals surface area contributed by atoms with Crippen molar-refractivity contribution in [1.29, 1.82) is 0 Å². The second-order valence-electron chi connectivity index (χ2n) is 16.4. The van der Waals surface area contributed by atoms with E-state index in [2.05, 4.69) is 181 Å². The first-order valence-electron chi connectivity index (χ1n) is 18.8. The van der Waals surface area contributed by atoms with E-state index in [1.165, 1.54) is 16.5 Å². The highest BCUT2D eigenvalue weighted by atomic mass is 16.5. The maximum absolute atomic E-state index is 6.69. The molecule has 0 bridgehead atoms. The third-order valence-corrected chi connectivity index (χ3v) is 10.6. The standard InChI is InChI=1S/C48H44N6O/c1-47(2,3)33-18-20-38(32-28-49-30-50-29-32)44(24-33)53-31-52(42-16-9-10-17-43(42)53)35-12-11-13-36(26-35)55-37-19-21-40-39-14-7-8-15-41(39)54(45(40)27-37)46-25-34(22-23-51-46)48(4,5)6/h7-30H,31H2,1-6H3. The lowest BCUT2D eigenvalue weighted by atomic mass is 9.85. The number of ether oxygens (including phenoxy) is 1. The van der Waals surface area contributed by atoms with Crippen LogP contribution in [0.25, 0.3) is 38.8 Å². The molecular formula is C48H44N6O. The first-order valence-corrected chi connectivity index (χ1v) is 18.8. The fourth-order valence-corrected chi connectivity index (χ4v) is 7.66. The van der Waals surface area contributed by atoms with E-state index < -0.39 is 0 Å². The molecule has 0 saturated heterocycles. The van der Waals surface area contributed by atoms with Crippen molar-refractivity contribution in [2.75, 3.05) is 16.5 Å². The van der Waals surface area contributed by atoms with Crippen LogP contribution in [0.1, 0.15) is 52.7 Å². The van der Waals surface area contributed by atoms with E-state index in [0.29, 0.717) is 6.67 Å². The molecule has 0 fully saturated rings. The molecule has 9 rings (SSSR count). The Kier molecular flexibility index (Phi) is 8.19. The Bertz CT molecular complexity index is 2700. The first-order chi connectivity index (χ1) is 26.5. The molecule has 0 atom stereocenters. The highest BCUT2D eigenvalue weighted by molar-refractivity contribution is 6.09. The molecule has 55 heavy (non-hydrogen) atoms. The van der Waals surface area contributed by atoms with Crippen LogP contribution in [0.5, 0.6) is 11.5 Å². The van der Waals surface area contributed by atoms with Gasteiger partial charge < -0.3 is 14.5 Å². The summed E-state index contributed by atoms with van der Waals surface area (Å²) in [7, 11) is 0. The van der Waals surface area contributed by atoms with Gasteiger partial charge in [0.05, 0.1) is 28.1 Å². The summed E-state index contributed by atoms with van der Waals surface area (Å²) in [6, 6.07) is 42.9. The van der Waals surface area contributed by atoms with Crippen LogP contribution in [0.3, 0.4) is 0 Å². The number of pyridine rings is 1. The number of hydrogen-bond acceptors (Lipinski definition) is 6. The molecule has 0 radical (unpaired) electrons. The zero-order valence-electron chi connectivity index (χ0n) is 32.2. The van der Waals surface area contributed by atoms with Gasteiger partial charge in [0, 0.05) is 58.3 Å². The van der Waals surface area contributed by atoms with E-state index in [9.17, 15) is 0 Å². The van der Waals surface area contributed by atoms with Crippen LogP contribution in [0.2, 0.25) is 0 Å². The Morgan fingerprint density at radius 3 is 2.04 bits per heavy atom. The third kappa shape index (κ3) is 6.25. The van der Waals surface area contributed by atoms with Gasteiger partial charge in [0.2, 0.25) is 0 Å². The summed E-state index contributed by atoms with van der Waals surface area (Å²) in [6.45, 7) is 14.1. The second kappa shape index (κ2) is 13.1. The molecule has 0 aliphatic carbocycles. The summed E-state index contributed by atoms with van der Waals surface area (Å²) < 4.78 is 8.95. The summed E-state index contributed by atoms with van der Waals surface area (Å²) in [5.74, 6) is 2.42. The van der Waals surface area contributed by atoms with Crippen molar-refractivity contribution in [3.8, 4) is 28.4 Å². The van der Waals surface area contributed by atoms with Crippen molar-refractivity contribution in [3.63, 3.8) is 0 Å². The van der Waals surface area contributed by atoms with Crippen LogP contribution in [0.15, 0.2) is 146 Å². The van der Waals surface area contributed by atoms with Gasteiger partial charge in [-0.25, -0.2) is 15.0 Å². The Labute approximate surface area is 322 Å². The molecule has 0 unspecified atom stereocenters. The van der Waals surface area contributed by atoms with E-state index in [1.807, 2.05) is 24.7 Å². The van der Waals surface area contributed by atoms with Gasteiger partial charge >= 0.3 is 0 Å². The SMILES string of the molecule is CC(C)(C)c1ccnc(-n2c3ccccc3c3ccc(Oc4cccc(N5CN(c6cc(C(C)(C)C)ccc6-c6cncnc6)c6ccccc65)c4)cc32)c1. The van der Waals surface area contributed by atoms with Crippen molar-refractivity contribution in [1.82, 2.24) is 19.5 Å². The van der Waals surface area contributed by atoms with Gasteiger partial charge in [-0.2, -0.15) is 0 Å². The summed E-state index contributed by atoms with van der Waals surface area (Å²) in [5, 5.41) is 2.34. The Balaban J connectivity index is 1.09. The van der Waals surface area contributed by atoms with Gasteiger partial charge in [-0.1, -0.05) is 90.1 Å². The monoisotopic (exact) mass is 720 g/mol. The van der Waals surface area contributed by atoms with Crippen LogP contribution < -0.4 is 14.5 Å². The predicted octanol–water partition coefficient (Wildman–Crippen LogP) is 12.3. The molecule has 1 aliphatic rings. The molecule has 8 aromatic rings. The summed E-state index contributed by atoms with van der Waals surface area (Å²) in [4.78, 5) is 18.3. The van der Waals surface area contributed by atoms with E-state index in [-0.39, 0.29) is 10.8 Å². The van der Waals surface area contributed by atoms with Crippen LogP contribution in [-0.2, 0) is 10.8 Å². The molecule has 0 amide bonds. The Morgan fingerprint density at radius 1 is 0.564 bits per heavy atom. The average Bonchev–Trinajstić information content (AvgIpc) is 3.74. The maximum atomic E-state index is 6.69. The van der Waals surface area contributed by atoms with E-state index in [0.717, 1.165) is 67.6 Å². The molecular weight excluding hydrogens is 677 g/mol. The highest BCUT2D eigenvalue weighted by Gasteiger charge is 2.31. The fraction of sp³-hybridized carbons (Fsp3) is 0.188. The number of benzene rings is 5. The van der Waals surface area contributed by atoms with Gasteiger partial charge in [-0.3, -0.25) is 4.57 Å². The summed E-state index contributed by atoms with van der Waals surface area (Å²) >= 11 is 0. The minimum absolute atomic E-state index is 0.00176. The van der Waals surface area contributed by atoms with Gasteiger partial charge in [0.15, 0.2) is 0 Å². The van der Waals surface area contributed by atoms with Crippen LogP contribution >= 0.6 is 0 Å². The van der Waals surface area contributed by atoms with Crippen molar-refractivity contribution >= 4 is 44.6 Å². The molecule has 4 heterocycles. The third-order valence-electron chi connectivity index (χ3n) is 10.6. The zero-order valence-corrected chi connectivity index (χ0v) is 32.2. The predicted molar refractivity (Wildman–Crippen MR) is 226 cm³/mol. The number of rotatable bonds is 6. The minimum Gasteiger partial charge on any atom is -0.457 e. The topological polar surface area (TPSA) is 59.3 Å². The molecule has 0 spiro atoms. The van der Waals surface area contributed by atoms with Crippen LogP contribution in [-0.4, -0.2) is 26.2 Å². The molecule has 5 aromatic carbocycles. The van der Waals surface area contributed by atoms with Crippen molar-refractivity contribution in [3.05, 3.63) is 157 Å². The average molecular weight is 721 g/mol. The second-order valence-corrected chi connectivity index (χ2v) is 16.4. The van der Waals surface area contributed by atoms with Gasteiger partial charge in [0.25, 0.3) is 0 Å². The van der Waals surface area contributed by atoms with Crippen LogP contribution in [0.4, 0.5) is 22.7 Å². The number of para-hydroxylation sites is 3. The maximum Gasteiger partial charge on any atom is 0.137 e. The van der Waals surface area contributed by atoms with Gasteiger partial charge in [-0.05, 0) is 82.6 Å². The fourth-order valence-electron chi connectivity index (χ4n) is 7.66. The van der Waals surface area contributed by atoms with Crippen molar-refractivity contribution < 1.29 is 4.74 Å². The van der Waals surface area contributed by atoms with Crippen molar-refractivity contribution in [2.45, 2.75) is 52.4 Å². The normalized spacial score (nSPS) is 13.1. The molecule has 7 heteroatoms. The minimum atomic E-state index is -0.0184. The first kappa shape index (κ1) is 34.3. The van der Waals surface area contributed by atoms with Gasteiger partial charge in [-0.15, -0.1) is 0 Å². The number of aromatic nitrogens is 4. The lowest BCUT2D eigenvalue weighted by Crippen LogP contribution is -2.25. The number of nitrogens with zero attached hydrogens (tertiary/aromatic N) is 6. The number of anilines is 4. The summed E-state index contributed by atoms with van der Waals surface area (Å²) in [6.07, 6.45) is 7.27. The molecule has 0 saturated carbocycles. The Hall–Kier alpha value is -6.47. The molecule has 7 nitrogen and oxygen atoms in total. The lowest BCUT2D eigenvalue weighted by molar-refractivity contribution is 0.483. The smallest absolute Gasteiger partial charge is 0.137 e. The Morgan fingerprint density at radius 2 is 1.25 bits per heavy atom. The van der Waals surface area contributed by atoms with Crippen LogP contribution in [0, 0.1) is 0 Å². The molecule has 3 aromatic heterocycles. The molecule has 0 N–H and O–H groups in total. The summed E-state index contributed by atoms with van der Waals surface area (Å²) in [5.41, 5.74) is 11.2. The van der Waals surface area contributed by atoms with Gasteiger partial charge in [0.1, 0.15) is 30.3 Å². The highest BCUT2D eigenvalue weighted by Crippen LogP contribution is 2.48. The number of hydrogen-bond donors (Lipinski definition) is 0. The van der Waals surface area contributed by atoms with Crippen molar-refractivity contribution in [2.24, 2.45) is 0 Å². The lowest BCUT2D eigenvalue weighted by Gasteiger charge is -2.27. The zero-order chi connectivity index (χ0) is 37.9. The quantitative estimate of drug-likeness (QED) is 0.170. The van der Waals surface area contributed by atoms with E-state index in [4.69, 9.17) is 9.72 Å². The van der Waals surface area contributed by atoms with E-state index >= 15 is 0 Å².